The number of phenolic OH excluding ortho intramolecular Hbond substituents is 2. The van der Waals surface area contributed by atoms with E-state index in [9.17, 15) is 5.11 Å². The number of phenols is 2. The van der Waals surface area contributed by atoms with Crippen LogP contribution < -0.4 is 5.32 Å². The van der Waals surface area contributed by atoms with E-state index >= 15 is 0 Å². The van der Waals surface area contributed by atoms with Gasteiger partial charge in [-0.1, -0.05) is 32.8 Å². The average Bonchev–Trinajstić information content (AvgIpc) is 2.25. The molecule has 0 radical (unpaired) electrons. The number of benzene rings is 1. The van der Waals surface area contributed by atoms with E-state index in [-0.39, 0.29) is 11.5 Å². The predicted molar refractivity (Wildman–Crippen MR) is 70.2 cm³/mol. The summed E-state index contributed by atoms with van der Waals surface area (Å²) in [7, 11) is 0. The van der Waals surface area contributed by atoms with Crippen molar-refractivity contribution in [3.63, 3.8) is 0 Å². The first kappa shape index (κ1) is 13.8. The van der Waals surface area contributed by atoms with Crippen LogP contribution in [0.25, 0.3) is 0 Å². The van der Waals surface area contributed by atoms with Crippen LogP contribution >= 0.6 is 0 Å². The first-order valence-electron chi connectivity index (χ1n) is 6.31. The molecule has 0 fully saturated rings. The second-order valence-electron chi connectivity index (χ2n) is 4.88. The molecule has 0 aromatic heterocycles. The summed E-state index contributed by atoms with van der Waals surface area (Å²) >= 11 is 0. The molecule has 1 aromatic rings. The topological polar surface area (TPSA) is 52.5 Å². The molecule has 1 rings (SSSR count). The highest BCUT2D eigenvalue weighted by atomic mass is 16.3. The van der Waals surface area contributed by atoms with Gasteiger partial charge in [0.25, 0.3) is 0 Å². The Morgan fingerprint density at radius 1 is 1.18 bits per heavy atom. The van der Waals surface area contributed by atoms with Gasteiger partial charge in [-0.15, -0.1) is 0 Å². The van der Waals surface area contributed by atoms with E-state index in [0.29, 0.717) is 6.54 Å². The second-order valence-corrected chi connectivity index (χ2v) is 4.88. The van der Waals surface area contributed by atoms with Crippen molar-refractivity contribution in [2.24, 2.45) is 5.92 Å². The van der Waals surface area contributed by atoms with E-state index in [2.05, 4.69) is 19.2 Å². The molecule has 3 N–H and O–H groups in total. The summed E-state index contributed by atoms with van der Waals surface area (Å²) in [5.41, 5.74) is 0.826. The largest absolute Gasteiger partial charge is 0.508 e. The minimum Gasteiger partial charge on any atom is -0.508 e. The minimum absolute atomic E-state index is 0.100. The lowest BCUT2D eigenvalue weighted by Crippen LogP contribution is -2.14. The van der Waals surface area contributed by atoms with Crippen molar-refractivity contribution < 1.29 is 10.2 Å². The zero-order valence-electron chi connectivity index (χ0n) is 10.7. The number of nitrogens with one attached hydrogen (secondary N) is 1. The van der Waals surface area contributed by atoms with Gasteiger partial charge in [0.1, 0.15) is 11.5 Å². The molecule has 0 spiro atoms. The van der Waals surface area contributed by atoms with Gasteiger partial charge in [0.2, 0.25) is 0 Å². The number of hydrogen-bond donors (Lipinski definition) is 3. The summed E-state index contributed by atoms with van der Waals surface area (Å²) in [6.45, 7) is 6.09. The van der Waals surface area contributed by atoms with Gasteiger partial charge in [0, 0.05) is 18.2 Å². The molecule has 0 amide bonds. The van der Waals surface area contributed by atoms with Crippen molar-refractivity contribution in [3.8, 4) is 11.5 Å². The molecule has 0 aliphatic rings. The van der Waals surface area contributed by atoms with E-state index in [4.69, 9.17) is 5.11 Å². The average molecular weight is 237 g/mol. The summed E-state index contributed by atoms with van der Waals surface area (Å²) in [6, 6.07) is 4.71. The van der Waals surface area contributed by atoms with Crippen LogP contribution in [0.15, 0.2) is 18.2 Å². The van der Waals surface area contributed by atoms with Gasteiger partial charge in [-0.05, 0) is 24.9 Å². The van der Waals surface area contributed by atoms with Gasteiger partial charge in [-0.2, -0.15) is 0 Å². The molecule has 0 aliphatic carbocycles. The molecular weight excluding hydrogens is 214 g/mol. The lowest BCUT2D eigenvalue weighted by molar-refractivity contribution is 0.443. The Morgan fingerprint density at radius 2 is 1.94 bits per heavy atom. The van der Waals surface area contributed by atoms with E-state index in [0.717, 1.165) is 24.4 Å². The van der Waals surface area contributed by atoms with Crippen LogP contribution in [0.4, 0.5) is 0 Å². The molecule has 3 nitrogen and oxygen atoms in total. The lowest BCUT2D eigenvalue weighted by Gasteiger charge is -2.08. The molecular formula is C14H23NO2. The molecule has 0 aliphatic heterocycles. The highest BCUT2D eigenvalue weighted by molar-refractivity contribution is 5.38. The standard InChI is InChI=1S/C14H23NO2/c1-11(2)5-3-4-8-15-10-12-6-7-13(16)9-14(12)17/h6-7,9,11,15-17H,3-5,8,10H2,1-2H3. The van der Waals surface area contributed by atoms with Crippen molar-refractivity contribution in [1.29, 1.82) is 0 Å². The molecule has 0 atom stereocenters. The normalized spacial score (nSPS) is 11.0. The summed E-state index contributed by atoms with van der Waals surface area (Å²) in [6.07, 6.45) is 3.68. The third kappa shape index (κ3) is 5.59. The maximum Gasteiger partial charge on any atom is 0.123 e. The van der Waals surface area contributed by atoms with Crippen molar-refractivity contribution in [2.45, 2.75) is 39.7 Å². The van der Waals surface area contributed by atoms with Crippen molar-refractivity contribution >= 4 is 0 Å². The molecule has 0 bridgehead atoms. The Bertz CT molecular complexity index is 337. The molecule has 96 valence electrons. The number of rotatable bonds is 7. The maximum absolute atomic E-state index is 9.57. The summed E-state index contributed by atoms with van der Waals surface area (Å²) in [4.78, 5) is 0. The fraction of sp³-hybridized carbons (Fsp3) is 0.571. The van der Waals surface area contributed by atoms with E-state index < -0.39 is 0 Å². The summed E-state index contributed by atoms with van der Waals surface area (Å²) in [5, 5.41) is 22.0. The Hall–Kier alpha value is -1.22. The minimum atomic E-state index is 0.100. The molecule has 0 saturated carbocycles. The van der Waals surface area contributed by atoms with Crippen LogP contribution in [0.3, 0.4) is 0 Å². The first-order chi connectivity index (χ1) is 8.09. The van der Waals surface area contributed by atoms with Crippen LogP contribution in [-0.2, 0) is 6.54 Å². The molecule has 0 saturated heterocycles. The smallest absolute Gasteiger partial charge is 0.123 e. The molecule has 0 heterocycles. The third-order valence-electron chi connectivity index (χ3n) is 2.77. The van der Waals surface area contributed by atoms with Gasteiger partial charge in [-0.3, -0.25) is 0 Å². The van der Waals surface area contributed by atoms with Gasteiger partial charge >= 0.3 is 0 Å². The van der Waals surface area contributed by atoms with Crippen molar-refractivity contribution in [2.75, 3.05) is 6.54 Å². The highest BCUT2D eigenvalue weighted by Crippen LogP contribution is 2.22. The van der Waals surface area contributed by atoms with E-state index in [1.54, 1.807) is 12.1 Å². The molecule has 0 unspecified atom stereocenters. The van der Waals surface area contributed by atoms with Crippen molar-refractivity contribution in [1.82, 2.24) is 5.32 Å². The third-order valence-corrected chi connectivity index (χ3v) is 2.77. The van der Waals surface area contributed by atoms with E-state index in [1.807, 2.05) is 0 Å². The second kappa shape index (κ2) is 7.17. The lowest BCUT2D eigenvalue weighted by atomic mass is 10.1. The zero-order chi connectivity index (χ0) is 12.7. The SMILES string of the molecule is CC(C)CCCCNCc1ccc(O)cc1O. The molecule has 3 heteroatoms. The summed E-state index contributed by atoms with van der Waals surface area (Å²) in [5.74, 6) is 1.03. The summed E-state index contributed by atoms with van der Waals surface area (Å²) < 4.78 is 0. The van der Waals surface area contributed by atoms with Crippen LogP contribution in [-0.4, -0.2) is 16.8 Å². The van der Waals surface area contributed by atoms with E-state index in [1.165, 1.54) is 18.9 Å². The fourth-order valence-corrected chi connectivity index (χ4v) is 1.73. The van der Waals surface area contributed by atoms with Gasteiger partial charge in [0.05, 0.1) is 0 Å². The van der Waals surface area contributed by atoms with Crippen LogP contribution in [0.2, 0.25) is 0 Å². The van der Waals surface area contributed by atoms with Gasteiger partial charge < -0.3 is 15.5 Å². The predicted octanol–water partition coefficient (Wildman–Crippen LogP) is 3.01. The van der Waals surface area contributed by atoms with Crippen LogP contribution in [0, 0.1) is 5.92 Å². The fourth-order valence-electron chi connectivity index (χ4n) is 1.73. The molecule has 1 aromatic carbocycles. The zero-order valence-corrected chi connectivity index (χ0v) is 10.7. The maximum atomic E-state index is 9.57. The van der Waals surface area contributed by atoms with Crippen LogP contribution in [0.5, 0.6) is 11.5 Å². The van der Waals surface area contributed by atoms with Gasteiger partial charge in [-0.25, -0.2) is 0 Å². The Morgan fingerprint density at radius 3 is 2.59 bits per heavy atom. The Balaban J connectivity index is 2.18. The van der Waals surface area contributed by atoms with Crippen molar-refractivity contribution in [3.05, 3.63) is 23.8 Å². The Kier molecular flexibility index (Phi) is 5.84. The number of hydrogen-bond acceptors (Lipinski definition) is 3. The first-order valence-corrected chi connectivity index (χ1v) is 6.31. The highest BCUT2D eigenvalue weighted by Gasteiger charge is 2.01. The Labute approximate surface area is 103 Å². The monoisotopic (exact) mass is 237 g/mol. The number of aromatic hydroxyl groups is 2. The van der Waals surface area contributed by atoms with Gasteiger partial charge in [0.15, 0.2) is 0 Å². The molecule has 17 heavy (non-hydrogen) atoms. The number of unbranched alkanes of at least 4 members (excludes halogenated alkanes) is 1. The quantitative estimate of drug-likeness (QED) is 0.639. The van der Waals surface area contributed by atoms with Crippen LogP contribution in [0.1, 0.15) is 38.7 Å².